The summed E-state index contributed by atoms with van der Waals surface area (Å²) >= 11 is 0. The van der Waals surface area contributed by atoms with Crippen LogP contribution in [0, 0.1) is 0 Å². The van der Waals surface area contributed by atoms with E-state index in [2.05, 4.69) is 14.8 Å². The largest absolute Gasteiger partial charge is 0.241 e. The van der Waals surface area contributed by atoms with Gasteiger partial charge in [-0.25, -0.2) is 22.6 Å². The summed E-state index contributed by atoms with van der Waals surface area (Å²) in [6.45, 7) is 5.43. The number of rotatable bonds is 3. The Morgan fingerprint density at radius 3 is 2.57 bits per heavy atom. The van der Waals surface area contributed by atoms with Crippen LogP contribution in [0.15, 0.2) is 53.8 Å². The number of nitrogens with zero attached hydrogens (tertiary/aromatic N) is 3. The van der Waals surface area contributed by atoms with Crippen LogP contribution in [-0.2, 0) is 10.0 Å². The highest BCUT2D eigenvalue weighted by atomic mass is 32.2. The van der Waals surface area contributed by atoms with Crippen molar-refractivity contribution in [3.63, 3.8) is 0 Å². The van der Waals surface area contributed by atoms with Gasteiger partial charge in [-0.1, -0.05) is 18.2 Å². The number of aromatic nitrogens is 3. The van der Waals surface area contributed by atoms with Gasteiger partial charge in [-0.2, -0.15) is 5.10 Å². The van der Waals surface area contributed by atoms with Crippen LogP contribution >= 0.6 is 0 Å². The molecule has 7 heteroatoms. The van der Waals surface area contributed by atoms with Crippen LogP contribution in [0.5, 0.6) is 0 Å². The van der Waals surface area contributed by atoms with Gasteiger partial charge in [-0.3, -0.25) is 0 Å². The molecule has 2 heterocycles. The Hall–Kier alpha value is -2.25. The van der Waals surface area contributed by atoms with Crippen LogP contribution < -0.4 is 4.72 Å². The summed E-state index contributed by atoms with van der Waals surface area (Å²) in [6, 6.07) is 8.64. The summed E-state index contributed by atoms with van der Waals surface area (Å²) in [5.41, 5.74) is 1.31. The predicted octanol–water partition coefficient (Wildman–Crippen LogP) is 2.47. The predicted molar refractivity (Wildman–Crippen MR) is 88.5 cm³/mol. The van der Waals surface area contributed by atoms with Crippen LogP contribution in [0.4, 0.5) is 0 Å². The first kappa shape index (κ1) is 15.6. The summed E-state index contributed by atoms with van der Waals surface area (Å²) in [5.74, 6) is 0. The van der Waals surface area contributed by atoms with Crippen molar-refractivity contribution in [1.82, 2.24) is 19.3 Å². The minimum Gasteiger partial charge on any atom is -0.236 e. The smallest absolute Gasteiger partial charge is 0.236 e. The van der Waals surface area contributed by atoms with Crippen LogP contribution in [-0.4, -0.2) is 28.6 Å². The van der Waals surface area contributed by atoms with Gasteiger partial charge in [0.2, 0.25) is 10.0 Å². The highest BCUT2D eigenvalue weighted by Gasteiger charge is 2.25. The average Bonchev–Trinajstić information content (AvgIpc) is 2.88. The number of benzene rings is 1. The summed E-state index contributed by atoms with van der Waals surface area (Å²) < 4.78 is 29.8. The summed E-state index contributed by atoms with van der Waals surface area (Å²) in [6.07, 6.45) is 5.06. The maximum atomic E-state index is 12.7. The van der Waals surface area contributed by atoms with Crippen LogP contribution in [0.1, 0.15) is 20.8 Å². The highest BCUT2D eigenvalue weighted by Crippen LogP contribution is 2.30. The quantitative estimate of drug-likeness (QED) is 0.800. The number of nitrogens with one attached hydrogen (secondary N) is 1. The van der Waals surface area contributed by atoms with Gasteiger partial charge in [-0.15, -0.1) is 0 Å². The third-order valence-electron chi connectivity index (χ3n) is 3.19. The molecule has 0 unspecified atom stereocenters. The van der Waals surface area contributed by atoms with Gasteiger partial charge in [0, 0.05) is 29.1 Å². The van der Waals surface area contributed by atoms with Crippen molar-refractivity contribution in [3.8, 4) is 11.1 Å². The summed E-state index contributed by atoms with van der Waals surface area (Å²) in [7, 11) is -3.66. The molecule has 1 aromatic carbocycles. The number of sulfonamides is 1. The van der Waals surface area contributed by atoms with Crippen molar-refractivity contribution < 1.29 is 8.42 Å². The van der Waals surface area contributed by atoms with Gasteiger partial charge >= 0.3 is 0 Å². The molecule has 0 saturated heterocycles. The Kier molecular flexibility index (Phi) is 3.69. The molecule has 0 aliphatic rings. The third-order valence-corrected chi connectivity index (χ3v) is 5.00. The number of fused-ring (bicyclic) bond motifs is 1. The minimum absolute atomic E-state index is 0.218. The second-order valence-electron chi connectivity index (χ2n) is 6.30. The molecular weight excluding hydrogens is 312 g/mol. The lowest BCUT2D eigenvalue weighted by molar-refractivity contribution is 0.491. The molecule has 0 spiro atoms. The van der Waals surface area contributed by atoms with Crippen molar-refractivity contribution in [2.24, 2.45) is 0 Å². The van der Waals surface area contributed by atoms with Crippen molar-refractivity contribution in [2.75, 3.05) is 0 Å². The van der Waals surface area contributed by atoms with Gasteiger partial charge in [0.1, 0.15) is 0 Å². The van der Waals surface area contributed by atoms with E-state index in [-0.39, 0.29) is 4.90 Å². The van der Waals surface area contributed by atoms with E-state index < -0.39 is 15.6 Å². The molecule has 1 N–H and O–H groups in total. The van der Waals surface area contributed by atoms with E-state index in [1.165, 1.54) is 0 Å². The molecule has 3 aromatic rings. The molecule has 0 amide bonds. The molecule has 6 nitrogen and oxygen atoms in total. The third kappa shape index (κ3) is 3.11. The van der Waals surface area contributed by atoms with Crippen molar-refractivity contribution in [1.29, 1.82) is 0 Å². The molecule has 120 valence electrons. The van der Waals surface area contributed by atoms with Crippen LogP contribution in [0.25, 0.3) is 16.8 Å². The topological polar surface area (TPSA) is 76.4 Å². The lowest BCUT2D eigenvalue weighted by Crippen LogP contribution is -2.40. The molecule has 23 heavy (non-hydrogen) atoms. The highest BCUT2D eigenvalue weighted by molar-refractivity contribution is 7.89. The van der Waals surface area contributed by atoms with E-state index >= 15 is 0 Å². The van der Waals surface area contributed by atoms with Crippen LogP contribution in [0.2, 0.25) is 0 Å². The van der Waals surface area contributed by atoms with Crippen LogP contribution in [0.3, 0.4) is 0 Å². The fourth-order valence-electron chi connectivity index (χ4n) is 2.40. The Morgan fingerprint density at radius 2 is 1.83 bits per heavy atom. The molecule has 0 radical (unpaired) electrons. The first-order chi connectivity index (χ1) is 10.8. The minimum atomic E-state index is -3.66. The van der Waals surface area contributed by atoms with E-state index in [1.54, 1.807) is 53.4 Å². The van der Waals surface area contributed by atoms with E-state index in [0.29, 0.717) is 16.8 Å². The van der Waals surface area contributed by atoms with Crippen molar-refractivity contribution in [3.05, 3.63) is 48.9 Å². The summed E-state index contributed by atoms with van der Waals surface area (Å²) in [4.78, 5) is 4.52. The molecule has 0 aliphatic carbocycles. The second kappa shape index (κ2) is 5.43. The first-order valence-electron chi connectivity index (χ1n) is 7.20. The van der Waals surface area contributed by atoms with E-state index in [9.17, 15) is 8.42 Å². The fourth-order valence-corrected chi connectivity index (χ4v) is 4.04. The fraction of sp³-hybridized carbons (Fsp3) is 0.250. The molecular formula is C16H18N4O2S. The Morgan fingerprint density at radius 1 is 1.09 bits per heavy atom. The Balaban J connectivity index is 2.20. The van der Waals surface area contributed by atoms with Crippen molar-refractivity contribution in [2.45, 2.75) is 31.2 Å². The first-order valence-corrected chi connectivity index (χ1v) is 8.68. The molecule has 0 fully saturated rings. The number of hydrogen-bond donors (Lipinski definition) is 1. The van der Waals surface area contributed by atoms with E-state index in [4.69, 9.17) is 0 Å². The van der Waals surface area contributed by atoms with E-state index in [1.807, 2.05) is 20.8 Å². The monoisotopic (exact) mass is 330 g/mol. The SMILES string of the molecule is CC(C)(C)NS(=O)(=O)c1ccccc1-c1cnn2cccnc12. The molecule has 0 saturated carbocycles. The molecule has 0 atom stereocenters. The maximum absolute atomic E-state index is 12.7. The zero-order valence-corrected chi connectivity index (χ0v) is 14.0. The molecule has 0 aliphatic heterocycles. The second-order valence-corrected chi connectivity index (χ2v) is 7.95. The normalized spacial score (nSPS) is 12.7. The number of hydrogen-bond acceptors (Lipinski definition) is 4. The standard InChI is InChI=1S/C16H18N4O2S/c1-16(2,3)19-23(21,22)14-8-5-4-7-12(14)13-11-18-20-10-6-9-17-15(13)20/h4-11,19H,1-3H3. The molecule has 3 rings (SSSR count). The van der Waals surface area contributed by atoms with Crippen molar-refractivity contribution >= 4 is 15.7 Å². The van der Waals surface area contributed by atoms with E-state index in [0.717, 1.165) is 0 Å². The lowest BCUT2D eigenvalue weighted by Gasteiger charge is -2.21. The van der Waals surface area contributed by atoms with Gasteiger partial charge in [0.05, 0.1) is 11.1 Å². The molecule has 2 aromatic heterocycles. The van der Waals surface area contributed by atoms with Gasteiger partial charge in [0.15, 0.2) is 5.65 Å². The zero-order valence-electron chi connectivity index (χ0n) is 13.2. The lowest BCUT2D eigenvalue weighted by atomic mass is 10.1. The van der Waals surface area contributed by atoms with Gasteiger partial charge in [0.25, 0.3) is 0 Å². The average molecular weight is 330 g/mol. The summed E-state index contributed by atoms with van der Waals surface area (Å²) in [5, 5.41) is 4.23. The van der Waals surface area contributed by atoms with Gasteiger partial charge in [-0.05, 0) is 32.9 Å². The molecule has 0 bridgehead atoms. The maximum Gasteiger partial charge on any atom is 0.241 e. The Bertz CT molecular complexity index is 955. The zero-order chi connectivity index (χ0) is 16.7. The van der Waals surface area contributed by atoms with Gasteiger partial charge < -0.3 is 0 Å². The Labute approximate surface area is 135 Å².